The van der Waals surface area contributed by atoms with Crippen LogP contribution in [-0.2, 0) is 0 Å². The molecule has 4 heteroatoms. The van der Waals surface area contributed by atoms with Crippen molar-refractivity contribution in [3.8, 4) is 0 Å². The van der Waals surface area contributed by atoms with E-state index >= 15 is 0 Å². The van der Waals surface area contributed by atoms with E-state index in [0.717, 1.165) is 0 Å². The van der Waals surface area contributed by atoms with Crippen LogP contribution >= 0.6 is 0 Å². The SMILES string of the molecule is O=Cc1ccc(N2CC(O)C2)o1. The van der Waals surface area contributed by atoms with E-state index in [1.807, 2.05) is 4.90 Å². The van der Waals surface area contributed by atoms with Gasteiger partial charge in [0.05, 0.1) is 6.10 Å². The van der Waals surface area contributed by atoms with Gasteiger partial charge >= 0.3 is 0 Å². The molecule has 0 bridgehead atoms. The Morgan fingerprint density at radius 2 is 2.33 bits per heavy atom. The van der Waals surface area contributed by atoms with Crippen LogP contribution < -0.4 is 4.90 Å². The lowest BCUT2D eigenvalue weighted by Crippen LogP contribution is -2.50. The number of hydrogen-bond donors (Lipinski definition) is 1. The molecule has 12 heavy (non-hydrogen) atoms. The number of carbonyl (C=O) groups excluding carboxylic acids is 1. The second kappa shape index (κ2) is 2.64. The molecular formula is C8H9NO3. The Labute approximate surface area is 69.4 Å². The molecule has 64 valence electrons. The van der Waals surface area contributed by atoms with Crippen molar-refractivity contribution in [3.63, 3.8) is 0 Å². The van der Waals surface area contributed by atoms with Gasteiger partial charge in [0.2, 0.25) is 0 Å². The van der Waals surface area contributed by atoms with Gasteiger partial charge in [0.25, 0.3) is 0 Å². The molecule has 1 aliphatic rings. The minimum atomic E-state index is -0.255. The predicted octanol–water partition coefficient (Wildman–Crippen LogP) is 0.273. The fourth-order valence-electron chi connectivity index (χ4n) is 1.21. The molecule has 1 aliphatic heterocycles. The van der Waals surface area contributed by atoms with E-state index in [-0.39, 0.29) is 6.10 Å². The minimum Gasteiger partial charge on any atom is -0.438 e. The fraction of sp³-hybridized carbons (Fsp3) is 0.375. The number of aliphatic hydroxyl groups excluding tert-OH is 1. The molecule has 0 radical (unpaired) electrons. The van der Waals surface area contributed by atoms with Gasteiger partial charge in [-0.05, 0) is 6.07 Å². The highest BCUT2D eigenvalue weighted by atomic mass is 16.4. The molecule has 0 aliphatic carbocycles. The zero-order valence-corrected chi connectivity index (χ0v) is 6.43. The van der Waals surface area contributed by atoms with Crippen molar-refractivity contribution in [1.29, 1.82) is 0 Å². The lowest BCUT2D eigenvalue weighted by Gasteiger charge is -2.35. The third kappa shape index (κ3) is 1.10. The molecule has 0 spiro atoms. The maximum absolute atomic E-state index is 10.3. The van der Waals surface area contributed by atoms with Crippen molar-refractivity contribution < 1.29 is 14.3 Å². The van der Waals surface area contributed by atoms with Crippen molar-refractivity contribution >= 4 is 12.2 Å². The number of anilines is 1. The van der Waals surface area contributed by atoms with Gasteiger partial charge in [-0.3, -0.25) is 4.79 Å². The van der Waals surface area contributed by atoms with Gasteiger partial charge in [-0.2, -0.15) is 0 Å². The van der Waals surface area contributed by atoms with Gasteiger partial charge in [-0.25, -0.2) is 0 Å². The summed E-state index contributed by atoms with van der Waals surface area (Å²) in [6.45, 7) is 1.18. The second-order valence-corrected chi connectivity index (χ2v) is 2.85. The standard InChI is InChI=1S/C8H9NO3/c10-5-7-1-2-8(12-7)9-3-6(11)4-9/h1-2,5-6,11H,3-4H2. The summed E-state index contributed by atoms with van der Waals surface area (Å²) in [5, 5.41) is 8.99. The first-order valence-corrected chi connectivity index (χ1v) is 3.77. The quantitative estimate of drug-likeness (QED) is 0.642. The Morgan fingerprint density at radius 1 is 1.58 bits per heavy atom. The van der Waals surface area contributed by atoms with Gasteiger partial charge in [-0.15, -0.1) is 0 Å². The van der Waals surface area contributed by atoms with Crippen LogP contribution in [0.15, 0.2) is 16.5 Å². The minimum absolute atomic E-state index is 0.255. The largest absolute Gasteiger partial charge is 0.438 e. The van der Waals surface area contributed by atoms with E-state index < -0.39 is 0 Å². The highest BCUT2D eigenvalue weighted by Gasteiger charge is 2.26. The van der Waals surface area contributed by atoms with E-state index in [9.17, 15) is 4.79 Å². The molecule has 1 aromatic rings. The third-order valence-electron chi connectivity index (χ3n) is 1.90. The molecule has 1 saturated heterocycles. The lowest BCUT2D eigenvalue weighted by atomic mass is 10.2. The lowest BCUT2D eigenvalue weighted by molar-refractivity contribution is 0.109. The molecule has 0 amide bonds. The maximum atomic E-state index is 10.3. The van der Waals surface area contributed by atoms with Crippen LogP contribution in [0.25, 0.3) is 0 Å². The van der Waals surface area contributed by atoms with E-state index in [1.165, 1.54) is 0 Å². The highest BCUT2D eigenvalue weighted by Crippen LogP contribution is 2.22. The van der Waals surface area contributed by atoms with E-state index in [1.54, 1.807) is 12.1 Å². The summed E-state index contributed by atoms with van der Waals surface area (Å²) in [6, 6.07) is 3.35. The first-order chi connectivity index (χ1) is 5.79. The Balaban J connectivity index is 2.08. The van der Waals surface area contributed by atoms with Crippen LogP contribution in [0.4, 0.5) is 5.88 Å². The summed E-state index contributed by atoms with van der Waals surface area (Å²) in [6.07, 6.45) is 0.412. The Bertz CT molecular complexity index is 288. The van der Waals surface area contributed by atoms with Crippen LogP contribution in [0.3, 0.4) is 0 Å². The van der Waals surface area contributed by atoms with Gasteiger partial charge in [0, 0.05) is 19.2 Å². The average Bonchev–Trinajstić information content (AvgIpc) is 2.46. The van der Waals surface area contributed by atoms with Crippen molar-refractivity contribution in [2.75, 3.05) is 18.0 Å². The van der Waals surface area contributed by atoms with Gasteiger partial charge in [0.15, 0.2) is 17.9 Å². The number of nitrogens with zero attached hydrogens (tertiary/aromatic N) is 1. The monoisotopic (exact) mass is 167 g/mol. The van der Waals surface area contributed by atoms with Crippen molar-refractivity contribution in [2.45, 2.75) is 6.10 Å². The number of rotatable bonds is 2. The van der Waals surface area contributed by atoms with E-state index in [4.69, 9.17) is 9.52 Å². The number of β-amino-alcohol motifs (C(OH)–C–C–N with tert-alkyl or cyclic N) is 1. The van der Waals surface area contributed by atoms with Crippen LogP contribution in [0.2, 0.25) is 0 Å². The third-order valence-corrected chi connectivity index (χ3v) is 1.90. The number of aliphatic hydroxyl groups is 1. The van der Waals surface area contributed by atoms with E-state index in [2.05, 4.69) is 0 Å². The van der Waals surface area contributed by atoms with Crippen molar-refractivity contribution in [2.24, 2.45) is 0 Å². The maximum Gasteiger partial charge on any atom is 0.196 e. The molecular weight excluding hydrogens is 158 g/mol. The molecule has 2 rings (SSSR count). The first-order valence-electron chi connectivity index (χ1n) is 3.77. The molecule has 1 N–H and O–H groups in total. The molecule has 1 fully saturated rings. The zero-order valence-electron chi connectivity index (χ0n) is 6.43. The summed E-state index contributed by atoms with van der Waals surface area (Å²) >= 11 is 0. The Morgan fingerprint density at radius 3 is 2.83 bits per heavy atom. The van der Waals surface area contributed by atoms with Crippen LogP contribution in [0.5, 0.6) is 0 Å². The molecule has 0 saturated carbocycles. The number of hydrogen-bond acceptors (Lipinski definition) is 4. The van der Waals surface area contributed by atoms with Crippen molar-refractivity contribution in [3.05, 3.63) is 17.9 Å². The number of aldehydes is 1. The average molecular weight is 167 g/mol. The molecule has 2 heterocycles. The Kier molecular flexibility index (Phi) is 1.62. The predicted molar refractivity (Wildman–Crippen MR) is 42.3 cm³/mol. The Hall–Kier alpha value is -1.29. The molecule has 0 atom stereocenters. The topological polar surface area (TPSA) is 53.7 Å². The van der Waals surface area contributed by atoms with Gasteiger partial charge in [0.1, 0.15) is 0 Å². The molecule has 4 nitrogen and oxygen atoms in total. The van der Waals surface area contributed by atoms with Crippen LogP contribution in [0.1, 0.15) is 10.6 Å². The summed E-state index contributed by atoms with van der Waals surface area (Å²) in [4.78, 5) is 12.1. The number of carbonyl (C=O) groups is 1. The van der Waals surface area contributed by atoms with Crippen LogP contribution in [-0.4, -0.2) is 30.6 Å². The zero-order chi connectivity index (χ0) is 8.55. The highest BCUT2D eigenvalue weighted by molar-refractivity contribution is 5.71. The van der Waals surface area contributed by atoms with Crippen molar-refractivity contribution in [1.82, 2.24) is 0 Å². The summed E-state index contributed by atoms with van der Waals surface area (Å²) in [7, 11) is 0. The van der Waals surface area contributed by atoms with Crippen LogP contribution in [0, 0.1) is 0 Å². The van der Waals surface area contributed by atoms with Gasteiger partial charge in [-0.1, -0.05) is 0 Å². The summed E-state index contributed by atoms with van der Waals surface area (Å²) < 4.78 is 5.13. The van der Waals surface area contributed by atoms with Gasteiger partial charge < -0.3 is 14.4 Å². The molecule has 1 aromatic heterocycles. The summed E-state index contributed by atoms with van der Waals surface area (Å²) in [5.41, 5.74) is 0. The molecule has 0 unspecified atom stereocenters. The fourth-order valence-corrected chi connectivity index (χ4v) is 1.21. The normalized spacial score (nSPS) is 17.6. The smallest absolute Gasteiger partial charge is 0.196 e. The second-order valence-electron chi connectivity index (χ2n) is 2.85. The first kappa shape index (κ1) is 7.36. The molecule has 0 aromatic carbocycles. The number of furan rings is 1. The van der Waals surface area contributed by atoms with E-state index in [0.29, 0.717) is 31.0 Å². The summed E-state index contributed by atoms with van der Waals surface area (Å²) in [5.74, 6) is 0.980.